The first-order valence-electron chi connectivity index (χ1n) is 11.1. The molecular formula is C26H22FN5O2S. The predicted octanol–water partition coefficient (Wildman–Crippen LogP) is 4.71. The monoisotopic (exact) mass is 487 g/mol. The molecule has 7 nitrogen and oxygen atoms in total. The van der Waals surface area contributed by atoms with Crippen molar-refractivity contribution in [1.29, 1.82) is 0 Å². The van der Waals surface area contributed by atoms with E-state index >= 15 is 0 Å². The van der Waals surface area contributed by atoms with E-state index in [-0.39, 0.29) is 17.6 Å². The molecule has 176 valence electrons. The summed E-state index contributed by atoms with van der Waals surface area (Å²) in [6, 6.07) is 21.4. The summed E-state index contributed by atoms with van der Waals surface area (Å²) in [6.07, 6.45) is 0.756. The number of anilines is 2. The van der Waals surface area contributed by atoms with Gasteiger partial charge in [-0.1, -0.05) is 42.1 Å². The minimum Gasteiger partial charge on any atom is -0.325 e. The normalized spacial score (nSPS) is 12.5. The summed E-state index contributed by atoms with van der Waals surface area (Å²) in [7, 11) is 0. The molecule has 0 bridgehead atoms. The molecule has 4 aromatic rings. The van der Waals surface area contributed by atoms with Crippen LogP contribution >= 0.6 is 11.8 Å². The molecule has 35 heavy (non-hydrogen) atoms. The van der Waals surface area contributed by atoms with Crippen molar-refractivity contribution in [3.05, 3.63) is 84.2 Å². The number of rotatable bonds is 6. The maximum absolute atomic E-state index is 14.5. The fourth-order valence-corrected chi connectivity index (χ4v) is 4.88. The molecule has 2 heterocycles. The number of nitrogens with one attached hydrogen (secondary N) is 1. The Kier molecular flexibility index (Phi) is 6.33. The number of carbonyl (C=O) groups excluding carboxylic acids is 2. The van der Waals surface area contributed by atoms with Crippen molar-refractivity contribution in [2.75, 3.05) is 22.5 Å². The first-order valence-corrected chi connectivity index (χ1v) is 12.1. The molecule has 0 radical (unpaired) electrons. The number of fused-ring (bicyclic) bond motifs is 1. The van der Waals surface area contributed by atoms with Gasteiger partial charge in [0.15, 0.2) is 11.0 Å². The van der Waals surface area contributed by atoms with Crippen molar-refractivity contribution in [3.8, 4) is 17.1 Å². The third-order valence-corrected chi connectivity index (χ3v) is 6.66. The van der Waals surface area contributed by atoms with Gasteiger partial charge in [0.25, 0.3) is 0 Å². The van der Waals surface area contributed by atoms with Gasteiger partial charge in [-0.05, 0) is 54.4 Å². The van der Waals surface area contributed by atoms with E-state index in [2.05, 4.69) is 15.5 Å². The Labute approximate surface area is 206 Å². The third kappa shape index (κ3) is 4.67. The number of carbonyl (C=O) groups is 2. The maximum atomic E-state index is 14.5. The van der Waals surface area contributed by atoms with E-state index in [1.165, 1.54) is 17.8 Å². The molecule has 0 fully saturated rings. The number of para-hydroxylation sites is 1. The van der Waals surface area contributed by atoms with Gasteiger partial charge in [-0.3, -0.25) is 14.2 Å². The molecule has 0 atom stereocenters. The summed E-state index contributed by atoms with van der Waals surface area (Å²) in [6.45, 7) is 2.20. The highest BCUT2D eigenvalue weighted by Gasteiger charge is 2.23. The summed E-state index contributed by atoms with van der Waals surface area (Å²) >= 11 is 1.22. The topological polar surface area (TPSA) is 80.1 Å². The van der Waals surface area contributed by atoms with E-state index in [1.54, 1.807) is 40.7 Å². The van der Waals surface area contributed by atoms with Gasteiger partial charge in [0.05, 0.1) is 11.3 Å². The molecular weight excluding hydrogens is 465 g/mol. The van der Waals surface area contributed by atoms with E-state index in [0.29, 0.717) is 28.8 Å². The van der Waals surface area contributed by atoms with Gasteiger partial charge in [-0.2, -0.15) is 0 Å². The molecule has 0 aliphatic carbocycles. The summed E-state index contributed by atoms with van der Waals surface area (Å²) in [5.74, 6) is -0.128. The standard InChI is InChI=1S/C26H22FN5O2S/c1-17(33)31-14-13-18-15-19(11-12-23(18)31)28-24(34)16-35-26-30-29-25(21-9-5-6-10-22(21)27)32(26)20-7-3-2-4-8-20/h2-12,15H,13-14,16H2,1H3,(H,28,34). The van der Waals surface area contributed by atoms with Crippen LogP contribution in [0.5, 0.6) is 0 Å². The molecule has 1 N–H and O–H groups in total. The third-order valence-electron chi connectivity index (χ3n) is 5.73. The summed E-state index contributed by atoms with van der Waals surface area (Å²) in [4.78, 5) is 26.2. The number of halogens is 1. The Morgan fingerprint density at radius 3 is 2.57 bits per heavy atom. The highest BCUT2D eigenvalue weighted by atomic mass is 32.2. The lowest BCUT2D eigenvalue weighted by atomic mass is 10.1. The largest absolute Gasteiger partial charge is 0.325 e. The molecule has 0 saturated carbocycles. The van der Waals surface area contributed by atoms with Crippen LogP contribution in [0.1, 0.15) is 12.5 Å². The highest BCUT2D eigenvalue weighted by molar-refractivity contribution is 7.99. The Morgan fingerprint density at radius 1 is 1.03 bits per heavy atom. The van der Waals surface area contributed by atoms with Crippen LogP contribution < -0.4 is 10.2 Å². The van der Waals surface area contributed by atoms with Crippen LogP contribution in [0.2, 0.25) is 0 Å². The zero-order valence-corrected chi connectivity index (χ0v) is 19.8. The number of benzene rings is 3. The average Bonchev–Trinajstić information content (AvgIpc) is 3.48. The van der Waals surface area contributed by atoms with E-state index in [4.69, 9.17) is 0 Å². The van der Waals surface area contributed by atoms with Crippen molar-refractivity contribution < 1.29 is 14.0 Å². The van der Waals surface area contributed by atoms with Crippen LogP contribution in [0.25, 0.3) is 17.1 Å². The van der Waals surface area contributed by atoms with Gasteiger partial charge in [0, 0.05) is 30.5 Å². The van der Waals surface area contributed by atoms with Gasteiger partial charge in [0.1, 0.15) is 5.82 Å². The molecule has 0 unspecified atom stereocenters. The van der Waals surface area contributed by atoms with Gasteiger partial charge < -0.3 is 10.2 Å². The SMILES string of the molecule is CC(=O)N1CCc2cc(NC(=O)CSc3nnc(-c4ccccc4F)n3-c3ccccc3)ccc21. The molecule has 0 saturated heterocycles. The minimum absolute atomic E-state index is 0.00853. The molecule has 1 aliphatic heterocycles. The molecule has 2 amide bonds. The Bertz CT molecular complexity index is 1410. The van der Waals surface area contributed by atoms with Crippen molar-refractivity contribution in [2.24, 2.45) is 0 Å². The number of nitrogens with zero attached hydrogens (tertiary/aromatic N) is 4. The van der Waals surface area contributed by atoms with E-state index in [9.17, 15) is 14.0 Å². The zero-order valence-electron chi connectivity index (χ0n) is 18.9. The Hall–Kier alpha value is -3.98. The zero-order chi connectivity index (χ0) is 24.4. The minimum atomic E-state index is -0.397. The predicted molar refractivity (Wildman–Crippen MR) is 134 cm³/mol. The molecule has 3 aromatic carbocycles. The van der Waals surface area contributed by atoms with Gasteiger partial charge in [-0.15, -0.1) is 10.2 Å². The molecule has 0 spiro atoms. The smallest absolute Gasteiger partial charge is 0.234 e. The average molecular weight is 488 g/mol. The number of thioether (sulfide) groups is 1. The lowest BCUT2D eigenvalue weighted by Crippen LogP contribution is -2.25. The molecule has 9 heteroatoms. The van der Waals surface area contributed by atoms with Crippen molar-refractivity contribution >= 4 is 35.0 Å². The fraction of sp³-hybridized carbons (Fsp3) is 0.154. The number of hydrogen-bond donors (Lipinski definition) is 1. The van der Waals surface area contributed by atoms with Crippen molar-refractivity contribution in [1.82, 2.24) is 14.8 Å². The number of aromatic nitrogens is 3. The first-order chi connectivity index (χ1) is 17.0. The number of hydrogen-bond acceptors (Lipinski definition) is 5. The second-order valence-corrected chi connectivity index (χ2v) is 9.00. The van der Waals surface area contributed by atoms with Crippen LogP contribution in [-0.2, 0) is 16.0 Å². The first kappa shape index (κ1) is 22.8. The van der Waals surface area contributed by atoms with Crippen LogP contribution in [0, 0.1) is 5.82 Å². The van der Waals surface area contributed by atoms with E-state index in [0.717, 1.165) is 23.4 Å². The maximum Gasteiger partial charge on any atom is 0.234 e. The highest BCUT2D eigenvalue weighted by Crippen LogP contribution is 2.31. The second-order valence-electron chi connectivity index (χ2n) is 8.06. The van der Waals surface area contributed by atoms with E-state index in [1.807, 2.05) is 42.5 Å². The van der Waals surface area contributed by atoms with Gasteiger partial charge in [0.2, 0.25) is 11.8 Å². The Morgan fingerprint density at radius 2 is 1.80 bits per heavy atom. The van der Waals surface area contributed by atoms with Gasteiger partial charge >= 0.3 is 0 Å². The second kappa shape index (κ2) is 9.71. The van der Waals surface area contributed by atoms with Crippen LogP contribution in [0.3, 0.4) is 0 Å². The van der Waals surface area contributed by atoms with Crippen molar-refractivity contribution in [3.63, 3.8) is 0 Å². The lowest BCUT2D eigenvalue weighted by molar-refractivity contribution is -0.116. The summed E-state index contributed by atoms with van der Waals surface area (Å²) in [5.41, 5.74) is 3.70. The number of amides is 2. The van der Waals surface area contributed by atoms with E-state index < -0.39 is 5.82 Å². The van der Waals surface area contributed by atoms with Crippen LogP contribution in [0.15, 0.2) is 78.0 Å². The van der Waals surface area contributed by atoms with Crippen molar-refractivity contribution in [2.45, 2.75) is 18.5 Å². The van der Waals surface area contributed by atoms with Crippen LogP contribution in [0.4, 0.5) is 15.8 Å². The van der Waals surface area contributed by atoms with Crippen LogP contribution in [-0.4, -0.2) is 38.9 Å². The summed E-state index contributed by atoms with van der Waals surface area (Å²) < 4.78 is 16.3. The summed E-state index contributed by atoms with van der Waals surface area (Å²) in [5, 5.41) is 11.9. The fourth-order valence-electron chi connectivity index (χ4n) is 4.12. The quantitative estimate of drug-likeness (QED) is 0.399. The lowest BCUT2D eigenvalue weighted by Gasteiger charge is -2.15. The Balaban J connectivity index is 1.34. The molecule has 1 aliphatic rings. The molecule has 1 aromatic heterocycles. The van der Waals surface area contributed by atoms with Gasteiger partial charge in [-0.25, -0.2) is 4.39 Å². The molecule has 5 rings (SSSR count).